The molecule has 1 N–H and O–H groups in total. The number of benzene rings is 2. The summed E-state index contributed by atoms with van der Waals surface area (Å²) in [6.45, 7) is 2.48. The Morgan fingerprint density at radius 2 is 2.08 bits per heavy atom. The van der Waals surface area contributed by atoms with Crippen LogP contribution in [0.5, 0.6) is 5.75 Å². The number of nitrogens with zero attached hydrogens (tertiary/aromatic N) is 1. The first kappa shape index (κ1) is 16.3. The van der Waals surface area contributed by atoms with Crippen molar-refractivity contribution in [1.29, 1.82) is 0 Å². The minimum atomic E-state index is -0.337. The Labute approximate surface area is 141 Å². The highest BCUT2D eigenvalue weighted by Gasteiger charge is 2.23. The Hall–Kier alpha value is -2.56. The third-order valence-electron chi connectivity index (χ3n) is 4.36. The lowest BCUT2D eigenvalue weighted by Gasteiger charge is -2.19. The van der Waals surface area contributed by atoms with Crippen molar-refractivity contribution in [3.63, 3.8) is 0 Å². The summed E-state index contributed by atoms with van der Waals surface area (Å²) in [5.41, 5.74) is 1.63. The van der Waals surface area contributed by atoms with E-state index in [9.17, 15) is 9.18 Å². The van der Waals surface area contributed by atoms with Gasteiger partial charge in [0.2, 0.25) is 0 Å². The lowest BCUT2D eigenvalue weighted by atomic mass is 10.1. The highest BCUT2D eigenvalue weighted by molar-refractivity contribution is 5.94. The fourth-order valence-corrected chi connectivity index (χ4v) is 2.98. The standard InChI is InChI=1S/C19H21FN2O2/c1-24-18-4-2-3-17(11-18)22-10-9-14(13-22)12-21-19(23)15-5-7-16(20)8-6-15/h2-8,11,14H,9-10,12-13H2,1H3,(H,21,23)/t14-/m0/s1. The predicted octanol–water partition coefficient (Wildman–Crippen LogP) is 3.09. The van der Waals surface area contributed by atoms with E-state index in [1.54, 1.807) is 7.11 Å². The second kappa shape index (κ2) is 7.34. The van der Waals surface area contributed by atoms with Gasteiger partial charge in [-0.15, -0.1) is 0 Å². The first-order valence-corrected chi connectivity index (χ1v) is 8.08. The van der Waals surface area contributed by atoms with Gasteiger partial charge in [-0.2, -0.15) is 0 Å². The van der Waals surface area contributed by atoms with Gasteiger partial charge in [0.25, 0.3) is 5.91 Å². The average Bonchev–Trinajstić information content (AvgIpc) is 3.09. The van der Waals surface area contributed by atoms with Gasteiger partial charge in [0.1, 0.15) is 11.6 Å². The van der Waals surface area contributed by atoms with Crippen LogP contribution in [0, 0.1) is 11.7 Å². The van der Waals surface area contributed by atoms with Gasteiger partial charge in [0.15, 0.2) is 0 Å². The number of methoxy groups -OCH3 is 1. The molecular weight excluding hydrogens is 307 g/mol. The molecule has 2 aromatic carbocycles. The van der Waals surface area contributed by atoms with Crippen molar-refractivity contribution in [2.24, 2.45) is 5.92 Å². The molecule has 1 aliphatic heterocycles. The first-order chi connectivity index (χ1) is 11.7. The summed E-state index contributed by atoms with van der Waals surface area (Å²) in [7, 11) is 1.66. The maximum atomic E-state index is 12.9. The van der Waals surface area contributed by atoms with E-state index in [0.717, 1.165) is 30.9 Å². The number of carbonyl (C=O) groups excluding carboxylic acids is 1. The lowest BCUT2D eigenvalue weighted by molar-refractivity contribution is 0.0948. The highest BCUT2D eigenvalue weighted by Crippen LogP contribution is 2.26. The maximum Gasteiger partial charge on any atom is 0.251 e. The van der Waals surface area contributed by atoms with Gasteiger partial charge in [-0.3, -0.25) is 4.79 Å². The number of hydrogen-bond acceptors (Lipinski definition) is 3. The Kier molecular flexibility index (Phi) is 4.99. The quantitative estimate of drug-likeness (QED) is 0.917. The summed E-state index contributed by atoms with van der Waals surface area (Å²) < 4.78 is 18.2. The van der Waals surface area contributed by atoms with E-state index in [0.29, 0.717) is 18.0 Å². The number of amides is 1. The molecule has 1 amide bonds. The van der Waals surface area contributed by atoms with Gasteiger partial charge in [-0.1, -0.05) is 6.07 Å². The van der Waals surface area contributed by atoms with Crippen molar-refractivity contribution in [1.82, 2.24) is 5.32 Å². The van der Waals surface area contributed by atoms with Crippen molar-refractivity contribution in [2.45, 2.75) is 6.42 Å². The summed E-state index contributed by atoms with van der Waals surface area (Å²) in [6, 6.07) is 13.6. The molecule has 1 fully saturated rings. The zero-order chi connectivity index (χ0) is 16.9. The number of anilines is 1. The summed E-state index contributed by atoms with van der Waals surface area (Å²) in [5, 5.41) is 2.94. The molecule has 24 heavy (non-hydrogen) atoms. The fraction of sp³-hybridized carbons (Fsp3) is 0.316. The molecule has 0 spiro atoms. The van der Waals surface area contributed by atoms with Crippen molar-refractivity contribution in [3.05, 3.63) is 59.9 Å². The maximum absolute atomic E-state index is 12.9. The van der Waals surface area contributed by atoms with Gasteiger partial charge < -0.3 is 15.0 Å². The van der Waals surface area contributed by atoms with Crippen LogP contribution < -0.4 is 15.0 Å². The second-order valence-electron chi connectivity index (χ2n) is 6.02. The number of carbonyl (C=O) groups is 1. The van der Waals surface area contributed by atoms with Crippen molar-refractivity contribution < 1.29 is 13.9 Å². The van der Waals surface area contributed by atoms with E-state index in [-0.39, 0.29) is 11.7 Å². The molecule has 0 unspecified atom stereocenters. The zero-order valence-corrected chi connectivity index (χ0v) is 13.7. The van der Waals surface area contributed by atoms with Gasteiger partial charge in [0, 0.05) is 37.0 Å². The van der Waals surface area contributed by atoms with E-state index < -0.39 is 0 Å². The molecule has 1 aliphatic rings. The van der Waals surface area contributed by atoms with Gasteiger partial charge in [-0.25, -0.2) is 4.39 Å². The van der Waals surface area contributed by atoms with Gasteiger partial charge >= 0.3 is 0 Å². The summed E-state index contributed by atoms with van der Waals surface area (Å²) in [5.74, 6) is 0.757. The van der Waals surface area contributed by atoms with Crippen LogP contribution in [0.3, 0.4) is 0 Å². The Morgan fingerprint density at radius 3 is 2.83 bits per heavy atom. The molecule has 1 heterocycles. The molecule has 1 saturated heterocycles. The molecule has 0 aromatic heterocycles. The lowest BCUT2D eigenvalue weighted by Crippen LogP contribution is -2.31. The van der Waals surface area contributed by atoms with Crippen LogP contribution in [-0.4, -0.2) is 32.7 Å². The molecule has 0 radical (unpaired) electrons. The van der Waals surface area contributed by atoms with Crippen LogP contribution in [0.2, 0.25) is 0 Å². The fourth-order valence-electron chi connectivity index (χ4n) is 2.98. The molecule has 126 valence electrons. The van der Waals surface area contributed by atoms with Crippen molar-refractivity contribution in [3.8, 4) is 5.75 Å². The topological polar surface area (TPSA) is 41.6 Å². The molecule has 4 nitrogen and oxygen atoms in total. The molecule has 0 bridgehead atoms. The van der Waals surface area contributed by atoms with Crippen LogP contribution in [0.1, 0.15) is 16.8 Å². The predicted molar refractivity (Wildman–Crippen MR) is 92.0 cm³/mol. The van der Waals surface area contributed by atoms with Crippen LogP contribution in [0.15, 0.2) is 48.5 Å². The third kappa shape index (κ3) is 3.85. The van der Waals surface area contributed by atoms with E-state index in [2.05, 4.69) is 16.3 Å². The van der Waals surface area contributed by atoms with Crippen LogP contribution in [0.4, 0.5) is 10.1 Å². The minimum Gasteiger partial charge on any atom is -0.497 e. The number of ether oxygens (including phenoxy) is 1. The Balaban J connectivity index is 1.52. The molecule has 1 atom stereocenters. The van der Waals surface area contributed by atoms with Gasteiger partial charge in [-0.05, 0) is 48.7 Å². The molecule has 0 aliphatic carbocycles. The average molecular weight is 328 g/mol. The first-order valence-electron chi connectivity index (χ1n) is 8.08. The summed E-state index contributed by atoms with van der Waals surface area (Å²) >= 11 is 0. The number of rotatable bonds is 5. The second-order valence-corrected chi connectivity index (χ2v) is 6.02. The zero-order valence-electron chi connectivity index (χ0n) is 13.7. The summed E-state index contributed by atoms with van der Waals surface area (Å²) in [4.78, 5) is 14.4. The SMILES string of the molecule is COc1cccc(N2CC[C@@H](CNC(=O)c3ccc(F)cc3)C2)c1. The van der Waals surface area contributed by atoms with Crippen LogP contribution in [0.25, 0.3) is 0 Å². The number of nitrogens with one attached hydrogen (secondary N) is 1. The molecule has 5 heteroatoms. The van der Waals surface area contributed by atoms with Gasteiger partial charge in [0.05, 0.1) is 7.11 Å². The Bertz CT molecular complexity index is 703. The molecule has 2 aromatic rings. The highest BCUT2D eigenvalue weighted by atomic mass is 19.1. The van der Waals surface area contributed by atoms with Crippen LogP contribution >= 0.6 is 0 Å². The third-order valence-corrected chi connectivity index (χ3v) is 4.36. The Morgan fingerprint density at radius 1 is 1.29 bits per heavy atom. The normalized spacial score (nSPS) is 16.9. The molecule has 0 saturated carbocycles. The van der Waals surface area contributed by atoms with Crippen molar-refractivity contribution >= 4 is 11.6 Å². The van der Waals surface area contributed by atoms with Crippen molar-refractivity contribution in [2.75, 3.05) is 31.6 Å². The van der Waals surface area contributed by atoms with E-state index in [4.69, 9.17) is 4.74 Å². The largest absolute Gasteiger partial charge is 0.497 e. The number of halogens is 1. The smallest absolute Gasteiger partial charge is 0.251 e. The number of hydrogen-bond donors (Lipinski definition) is 1. The molecule has 3 rings (SSSR count). The van der Waals surface area contributed by atoms with E-state index in [1.165, 1.54) is 24.3 Å². The monoisotopic (exact) mass is 328 g/mol. The van der Waals surface area contributed by atoms with E-state index >= 15 is 0 Å². The van der Waals surface area contributed by atoms with Crippen LogP contribution in [-0.2, 0) is 0 Å². The van der Waals surface area contributed by atoms with E-state index in [1.807, 2.05) is 18.2 Å². The summed E-state index contributed by atoms with van der Waals surface area (Å²) in [6.07, 6.45) is 1.03. The molecular formula is C19H21FN2O2. The minimum absolute atomic E-state index is 0.158.